The highest BCUT2D eigenvalue weighted by Crippen LogP contribution is 2.29. The fourth-order valence-corrected chi connectivity index (χ4v) is 2.41. The Labute approximate surface area is 162 Å². The van der Waals surface area contributed by atoms with E-state index in [9.17, 15) is 22.8 Å². The Morgan fingerprint density at radius 2 is 1.72 bits per heavy atom. The monoisotopic (exact) mass is 402 g/mol. The SMILES string of the molecule is O=C(O)c1ccc(-c2ccc(/C=N\NC(=O)c3cccc(C(F)(F)F)c3)o2)cc1. The van der Waals surface area contributed by atoms with Crippen molar-refractivity contribution in [2.24, 2.45) is 5.10 Å². The molecule has 0 radical (unpaired) electrons. The number of furan rings is 1. The fourth-order valence-electron chi connectivity index (χ4n) is 2.41. The average molecular weight is 402 g/mol. The van der Waals surface area contributed by atoms with Crippen LogP contribution >= 0.6 is 0 Å². The van der Waals surface area contributed by atoms with E-state index in [1.807, 2.05) is 0 Å². The summed E-state index contributed by atoms with van der Waals surface area (Å²) in [7, 11) is 0. The number of hydrazone groups is 1. The first-order valence-corrected chi connectivity index (χ1v) is 8.18. The number of carboxylic acid groups (broad SMARTS) is 1. The van der Waals surface area contributed by atoms with E-state index >= 15 is 0 Å². The lowest BCUT2D eigenvalue weighted by Gasteiger charge is -2.07. The molecule has 0 saturated carbocycles. The molecule has 2 N–H and O–H groups in total. The number of rotatable bonds is 5. The van der Waals surface area contributed by atoms with Crippen molar-refractivity contribution < 1.29 is 32.3 Å². The van der Waals surface area contributed by atoms with Gasteiger partial charge in [-0.15, -0.1) is 0 Å². The van der Waals surface area contributed by atoms with Crippen molar-refractivity contribution in [3.63, 3.8) is 0 Å². The standard InChI is InChI=1S/C20H13F3N2O4/c21-20(22,23)15-3-1-2-14(10-15)18(26)25-24-11-16-8-9-17(29-16)12-4-6-13(7-5-12)19(27)28/h1-11H,(H,25,26)(H,27,28)/b24-11-. The summed E-state index contributed by atoms with van der Waals surface area (Å²) in [5.74, 6) is -1.11. The molecule has 1 heterocycles. The molecule has 0 saturated heterocycles. The van der Waals surface area contributed by atoms with Gasteiger partial charge in [-0.3, -0.25) is 4.79 Å². The quantitative estimate of drug-likeness (QED) is 0.488. The number of nitrogens with one attached hydrogen (secondary N) is 1. The molecule has 0 fully saturated rings. The van der Waals surface area contributed by atoms with Crippen LogP contribution in [0.15, 0.2) is 70.2 Å². The van der Waals surface area contributed by atoms with Crippen molar-refractivity contribution in [1.29, 1.82) is 0 Å². The topological polar surface area (TPSA) is 91.9 Å². The second kappa shape index (κ2) is 8.01. The Hall–Kier alpha value is -3.88. The van der Waals surface area contributed by atoms with Gasteiger partial charge in [-0.05, 0) is 42.5 Å². The number of hydrogen-bond acceptors (Lipinski definition) is 4. The van der Waals surface area contributed by atoms with Crippen LogP contribution in [0.25, 0.3) is 11.3 Å². The Kier molecular flexibility index (Phi) is 5.49. The zero-order valence-electron chi connectivity index (χ0n) is 14.6. The van der Waals surface area contributed by atoms with Crippen LogP contribution < -0.4 is 5.43 Å². The van der Waals surface area contributed by atoms with E-state index in [1.54, 1.807) is 24.3 Å². The van der Waals surface area contributed by atoms with Gasteiger partial charge in [-0.2, -0.15) is 18.3 Å². The lowest BCUT2D eigenvalue weighted by Crippen LogP contribution is -2.18. The van der Waals surface area contributed by atoms with Gasteiger partial charge in [-0.25, -0.2) is 10.2 Å². The number of benzene rings is 2. The predicted octanol–water partition coefficient (Wildman–Crippen LogP) is 4.43. The summed E-state index contributed by atoms with van der Waals surface area (Å²) in [5, 5.41) is 12.6. The zero-order valence-corrected chi connectivity index (χ0v) is 14.6. The molecular weight excluding hydrogens is 389 g/mol. The van der Waals surface area contributed by atoms with Crippen LogP contribution in [-0.2, 0) is 6.18 Å². The normalized spacial score (nSPS) is 11.6. The molecule has 29 heavy (non-hydrogen) atoms. The number of alkyl halides is 3. The summed E-state index contributed by atoms with van der Waals surface area (Å²) in [4.78, 5) is 22.8. The molecule has 9 heteroatoms. The largest absolute Gasteiger partial charge is 0.478 e. The van der Waals surface area contributed by atoms with Gasteiger partial charge in [0.15, 0.2) is 0 Å². The molecule has 0 unspecified atom stereocenters. The minimum absolute atomic E-state index is 0.138. The summed E-state index contributed by atoms with van der Waals surface area (Å²) in [6.45, 7) is 0. The van der Waals surface area contributed by atoms with Crippen molar-refractivity contribution in [3.8, 4) is 11.3 Å². The first-order chi connectivity index (χ1) is 13.7. The Bertz CT molecular complexity index is 1070. The summed E-state index contributed by atoms with van der Waals surface area (Å²) in [6.07, 6.45) is -3.35. The number of aromatic carboxylic acids is 1. The van der Waals surface area contributed by atoms with Crippen LogP contribution in [-0.4, -0.2) is 23.2 Å². The van der Waals surface area contributed by atoms with Crippen LogP contribution in [0.5, 0.6) is 0 Å². The maximum Gasteiger partial charge on any atom is 0.416 e. The molecule has 1 aromatic heterocycles. The van der Waals surface area contributed by atoms with Crippen molar-refractivity contribution in [1.82, 2.24) is 5.43 Å². The van der Waals surface area contributed by atoms with Gasteiger partial charge in [0.1, 0.15) is 11.5 Å². The maximum atomic E-state index is 12.7. The van der Waals surface area contributed by atoms with Crippen molar-refractivity contribution in [2.45, 2.75) is 6.18 Å². The van der Waals surface area contributed by atoms with Gasteiger partial charge in [0.25, 0.3) is 5.91 Å². The zero-order chi connectivity index (χ0) is 21.0. The van der Waals surface area contributed by atoms with Gasteiger partial charge in [0.05, 0.1) is 17.3 Å². The summed E-state index contributed by atoms with van der Waals surface area (Å²) in [5.41, 5.74) is 1.80. The highest BCUT2D eigenvalue weighted by atomic mass is 19.4. The highest BCUT2D eigenvalue weighted by molar-refractivity contribution is 5.95. The van der Waals surface area contributed by atoms with Gasteiger partial charge >= 0.3 is 12.1 Å². The third kappa shape index (κ3) is 4.89. The molecule has 148 valence electrons. The third-order valence-electron chi connectivity index (χ3n) is 3.85. The van der Waals surface area contributed by atoms with E-state index in [0.29, 0.717) is 11.3 Å². The van der Waals surface area contributed by atoms with Gasteiger partial charge in [0, 0.05) is 11.1 Å². The Morgan fingerprint density at radius 3 is 2.38 bits per heavy atom. The smallest absolute Gasteiger partial charge is 0.416 e. The van der Waals surface area contributed by atoms with Crippen LogP contribution in [0, 0.1) is 0 Å². The van der Waals surface area contributed by atoms with Crippen molar-refractivity contribution >= 4 is 18.1 Å². The van der Waals surface area contributed by atoms with E-state index in [-0.39, 0.29) is 16.9 Å². The van der Waals surface area contributed by atoms with E-state index in [2.05, 4.69) is 10.5 Å². The van der Waals surface area contributed by atoms with Gasteiger partial charge in [-0.1, -0.05) is 18.2 Å². The number of carbonyl (C=O) groups excluding carboxylic acids is 1. The molecule has 3 rings (SSSR count). The van der Waals surface area contributed by atoms with E-state index in [4.69, 9.17) is 9.52 Å². The number of carboxylic acids is 1. The number of carbonyl (C=O) groups is 2. The van der Waals surface area contributed by atoms with E-state index in [0.717, 1.165) is 18.2 Å². The minimum Gasteiger partial charge on any atom is -0.478 e. The molecule has 0 spiro atoms. The summed E-state index contributed by atoms with van der Waals surface area (Å²) >= 11 is 0. The minimum atomic E-state index is -4.55. The molecule has 0 bridgehead atoms. The first kappa shape index (κ1) is 19.9. The lowest BCUT2D eigenvalue weighted by atomic mass is 10.1. The van der Waals surface area contributed by atoms with Crippen LogP contribution in [0.3, 0.4) is 0 Å². The van der Waals surface area contributed by atoms with Gasteiger partial charge < -0.3 is 9.52 Å². The third-order valence-corrected chi connectivity index (χ3v) is 3.85. The van der Waals surface area contributed by atoms with Crippen molar-refractivity contribution in [3.05, 3.63) is 83.1 Å². The van der Waals surface area contributed by atoms with E-state index in [1.165, 1.54) is 24.4 Å². The van der Waals surface area contributed by atoms with Gasteiger partial charge in [0.2, 0.25) is 0 Å². The Balaban J connectivity index is 1.65. The molecule has 0 aliphatic heterocycles. The molecule has 0 aliphatic carbocycles. The number of hydrogen-bond donors (Lipinski definition) is 2. The second-order valence-corrected chi connectivity index (χ2v) is 5.86. The van der Waals surface area contributed by atoms with Crippen LogP contribution in [0.1, 0.15) is 32.0 Å². The fraction of sp³-hybridized carbons (Fsp3) is 0.0500. The second-order valence-electron chi connectivity index (χ2n) is 5.86. The molecule has 3 aromatic rings. The molecule has 2 aromatic carbocycles. The van der Waals surface area contributed by atoms with Crippen LogP contribution in [0.4, 0.5) is 13.2 Å². The Morgan fingerprint density at radius 1 is 1.00 bits per heavy atom. The maximum absolute atomic E-state index is 12.7. The van der Waals surface area contributed by atoms with Crippen LogP contribution in [0.2, 0.25) is 0 Å². The number of halogens is 3. The summed E-state index contributed by atoms with van der Waals surface area (Å²) < 4.78 is 43.6. The highest BCUT2D eigenvalue weighted by Gasteiger charge is 2.30. The first-order valence-electron chi connectivity index (χ1n) is 8.18. The molecule has 1 amide bonds. The molecule has 0 atom stereocenters. The number of nitrogens with zero attached hydrogens (tertiary/aromatic N) is 1. The van der Waals surface area contributed by atoms with Crippen molar-refractivity contribution in [2.75, 3.05) is 0 Å². The van der Waals surface area contributed by atoms with E-state index < -0.39 is 23.6 Å². The summed E-state index contributed by atoms with van der Waals surface area (Å²) in [6, 6.07) is 13.2. The predicted molar refractivity (Wildman–Crippen MR) is 97.6 cm³/mol. The average Bonchev–Trinajstić information content (AvgIpc) is 3.16. The molecule has 6 nitrogen and oxygen atoms in total. The molecule has 0 aliphatic rings. The molecular formula is C20H13F3N2O4. The number of amides is 1. The lowest BCUT2D eigenvalue weighted by molar-refractivity contribution is -0.137.